The van der Waals surface area contributed by atoms with Crippen molar-refractivity contribution in [1.82, 2.24) is 14.8 Å². The van der Waals surface area contributed by atoms with Crippen molar-refractivity contribution in [3.8, 4) is 28.6 Å². The van der Waals surface area contributed by atoms with Crippen LogP contribution in [0.15, 0.2) is 29.9 Å². The van der Waals surface area contributed by atoms with Gasteiger partial charge in [0, 0.05) is 17.0 Å². The summed E-state index contributed by atoms with van der Waals surface area (Å²) in [5.74, 6) is 1.41. The lowest BCUT2D eigenvalue weighted by atomic mass is 10.1. The van der Waals surface area contributed by atoms with Gasteiger partial charge in [-0.15, -0.1) is 28.1 Å². The second-order valence-corrected chi connectivity index (χ2v) is 10.1. The van der Waals surface area contributed by atoms with Gasteiger partial charge >= 0.3 is 5.97 Å². The highest BCUT2D eigenvalue weighted by molar-refractivity contribution is 7.99. The topological polar surface area (TPSA) is 114 Å². The number of carbonyl (C=O) groups is 2. The molecule has 1 N–H and O–H groups in total. The summed E-state index contributed by atoms with van der Waals surface area (Å²) in [6.07, 6.45) is 4.45. The summed E-state index contributed by atoms with van der Waals surface area (Å²) in [5, 5.41) is 12.6. The average Bonchev–Trinajstić information content (AvgIpc) is 3.61. The van der Waals surface area contributed by atoms with Gasteiger partial charge in [-0.3, -0.25) is 9.36 Å². The lowest BCUT2D eigenvalue weighted by Gasteiger charge is -2.14. The Morgan fingerprint density at radius 3 is 2.49 bits per heavy atom. The number of nitrogens with zero attached hydrogens (tertiary/aromatic N) is 3. The van der Waals surface area contributed by atoms with E-state index in [4.69, 9.17) is 18.9 Å². The van der Waals surface area contributed by atoms with E-state index in [1.165, 1.54) is 37.3 Å². The summed E-state index contributed by atoms with van der Waals surface area (Å²) >= 11 is 2.68. The van der Waals surface area contributed by atoms with Gasteiger partial charge in [-0.05, 0) is 37.0 Å². The number of aromatic nitrogens is 3. The SMILES string of the molecule is C=CCn1c(SCC(=O)Nc2sc3c(c2C(=O)OC)CCC3)nnc1-c1cc(OC)c(OC)c(OC)c1. The van der Waals surface area contributed by atoms with Crippen molar-refractivity contribution in [2.75, 3.05) is 39.5 Å². The number of hydrogen-bond donors (Lipinski definition) is 1. The van der Waals surface area contributed by atoms with Crippen LogP contribution >= 0.6 is 23.1 Å². The van der Waals surface area contributed by atoms with Gasteiger partial charge in [0.25, 0.3) is 0 Å². The van der Waals surface area contributed by atoms with Crippen LogP contribution in [-0.4, -0.2) is 60.8 Å². The van der Waals surface area contributed by atoms with Crippen molar-refractivity contribution in [3.05, 3.63) is 40.8 Å². The number of benzene rings is 1. The maximum Gasteiger partial charge on any atom is 0.341 e. The van der Waals surface area contributed by atoms with E-state index in [1.54, 1.807) is 32.4 Å². The summed E-state index contributed by atoms with van der Waals surface area (Å²) in [6.45, 7) is 4.26. The van der Waals surface area contributed by atoms with Crippen molar-refractivity contribution in [2.45, 2.75) is 31.0 Å². The molecule has 1 amide bonds. The smallest absolute Gasteiger partial charge is 0.341 e. The molecule has 196 valence electrons. The summed E-state index contributed by atoms with van der Waals surface area (Å²) in [5.41, 5.74) is 2.16. The molecule has 0 bridgehead atoms. The second-order valence-electron chi connectivity index (χ2n) is 8.01. The Hall–Kier alpha value is -3.51. The number of nitrogens with one attached hydrogen (secondary N) is 1. The molecule has 37 heavy (non-hydrogen) atoms. The van der Waals surface area contributed by atoms with Crippen LogP contribution in [0.4, 0.5) is 5.00 Å². The van der Waals surface area contributed by atoms with Crippen LogP contribution in [0.5, 0.6) is 17.2 Å². The fourth-order valence-electron chi connectivity index (χ4n) is 4.22. The molecule has 0 radical (unpaired) electrons. The number of thioether (sulfide) groups is 1. The Kier molecular flexibility index (Phi) is 8.39. The Labute approximate surface area is 223 Å². The highest BCUT2D eigenvalue weighted by Gasteiger charge is 2.28. The molecule has 3 aromatic rings. The lowest BCUT2D eigenvalue weighted by Crippen LogP contribution is -2.16. The van der Waals surface area contributed by atoms with Gasteiger partial charge in [-0.25, -0.2) is 4.79 Å². The number of amides is 1. The van der Waals surface area contributed by atoms with Crippen LogP contribution in [0.3, 0.4) is 0 Å². The van der Waals surface area contributed by atoms with E-state index in [0.29, 0.717) is 50.9 Å². The number of methoxy groups -OCH3 is 4. The third-order valence-corrected chi connectivity index (χ3v) is 8.02. The molecule has 0 saturated carbocycles. The van der Waals surface area contributed by atoms with E-state index in [0.717, 1.165) is 29.7 Å². The molecular formula is C25H28N4O6S2. The van der Waals surface area contributed by atoms with Gasteiger partial charge in [0.15, 0.2) is 22.5 Å². The van der Waals surface area contributed by atoms with Crippen LogP contribution in [0.2, 0.25) is 0 Å². The van der Waals surface area contributed by atoms with Gasteiger partial charge < -0.3 is 24.3 Å². The number of allylic oxidation sites excluding steroid dienone is 1. The van der Waals surface area contributed by atoms with Crippen LogP contribution in [0.1, 0.15) is 27.2 Å². The Morgan fingerprint density at radius 1 is 1.14 bits per heavy atom. The normalized spacial score (nSPS) is 12.1. The third-order valence-electron chi connectivity index (χ3n) is 5.85. The highest BCUT2D eigenvalue weighted by atomic mass is 32.2. The number of ether oxygens (including phenoxy) is 4. The molecule has 2 heterocycles. The number of fused-ring (bicyclic) bond motifs is 1. The van der Waals surface area contributed by atoms with Crippen molar-refractivity contribution >= 4 is 40.0 Å². The van der Waals surface area contributed by atoms with Crippen LogP contribution in [0.25, 0.3) is 11.4 Å². The molecule has 1 aliphatic carbocycles. The molecular weight excluding hydrogens is 516 g/mol. The van der Waals surface area contributed by atoms with Gasteiger partial charge in [0.05, 0.1) is 39.8 Å². The first-order valence-corrected chi connectivity index (χ1v) is 13.3. The van der Waals surface area contributed by atoms with E-state index < -0.39 is 5.97 Å². The standard InChI is InChI=1S/C25H28N4O6S2/c1-6-10-29-22(14-11-16(32-2)21(34-4)17(12-14)33-3)27-28-25(29)36-13-19(30)26-23-20(24(31)35-5)15-8-7-9-18(15)37-23/h6,11-12H,1,7-10,13H2,2-5H3,(H,26,30). The quantitative estimate of drug-likeness (QED) is 0.215. The van der Waals surface area contributed by atoms with E-state index in [-0.39, 0.29) is 11.7 Å². The Morgan fingerprint density at radius 2 is 1.86 bits per heavy atom. The summed E-state index contributed by atoms with van der Waals surface area (Å²) in [4.78, 5) is 26.4. The van der Waals surface area contributed by atoms with E-state index in [1.807, 2.05) is 4.57 Å². The molecule has 0 atom stereocenters. The molecule has 12 heteroatoms. The minimum atomic E-state index is -0.428. The molecule has 0 spiro atoms. The monoisotopic (exact) mass is 544 g/mol. The molecule has 1 aromatic carbocycles. The molecule has 1 aliphatic rings. The predicted molar refractivity (Wildman–Crippen MR) is 142 cm³/mol. The third kappa shape index (κ3) is 5.30. The van der Waals surface area contributed by atoms with Crippen molar-refractivity contribution in [1.29, 1.82) is 0 Å². The van der Waals surface area contributed by atoms with Crippen molar-refractivity contribution in [3.63, 3.8) is 0 Å². The number of aryl methyl sites for hydroxylation is 1. The number of rotatable bonds is 11. The minimum Gasteiger partial charge on any atom is -0.493 e. The van der Waals surface area contributed by atoms with Crippen LogP contribution in [-0.2, 0) is 28.9 Å². The van der Waals surface area contributed by atoms with E-state index in [9.17, 15) is 9.59 Å². The largest absolute Gasteiger partial charge is 0.493 e. The molecule has 0 aliphatic heterocycles. The maximum atomic E-state index is 12.9. The van der Waals surface area contributed by atoms with Crippen molar-refractivity contribution < 1.29 is 28.5 Å². The lowest BCUT2D eigenvalue weighted by molar-refractivity contribution is -0.113. The first-order valence-electron chi connectivity index (χ1n) is 11.5. The van der Waals surface area contributed by atoms with Gasteiger partial charge in [-0.1, -0.05) is 17.8 Å². The van der Waals surface area contributed by atoms with Crippen LogP contribution < -0.4 is 19.5 Å². The Bertz CT molecular complexity index is 1310. The van der Waals surface area contributed by atoms with Crippen molar-refractivity contribution in [2.24, 2.45) is 0 Å². The van der Waals surface area contributed by atoms with Crippen LogP contribution in [0, 0.1) is 0 Å². The summed E-state index contributed by atoms with van der Waals surface area (Å²) < 4.78 is 23.2. The number of esters is 1. The summed E-state index contributed by atoms with van der Waals surface area (Å²) in [6, 6.07) is 3.58. The molecule has 4 rings (SSSR count). The summed E-state index contributed by atoms with van der Waals surface area (Å²) in [7, 11) is 5.98. The average molecular weight is 545 g/mol. The molecule has 0 saturated heterocycles. The van der Waals surface area contributed by atoms with E-state index in [2.05, 4.69) is 22.1 Å². The number of carbonyl (C=O) groups excluding carboxylic acids is 2. The zero-order valence-corrected chi connectivity index (χ0v) is 22.7. The predicted octanol–water partition coefficient (Wildman–Crippen LogP) is 4.22. The molecule has 10 nitrogen and oxygen atoms in total. The fraction of sp³-hybridized carbons (Fsp3) is 0.360. The minimum absolute atomic E-state index is 0.0771. The molecule has 0 unspecified atom stereocenters. The van der Waals surface area contributed by atoms with Gasteiger partial charge in [0.1, 0.15) is 5.00 Å². The number of thiophene rings is 1. The molecule has 0 fully saturated rings. The zero-order chi connectivity index (χ0) is 26.5. The second kappa shape index (κ2) is 11.7. The number of hydrogen-bond acceptors (Lipinski definition) is 10. The fourth-order valence-corrected chi connectivity index (χ4v) is 6.26. The van der Waals surface area contributed by atoms with E-state index >= 15 is 0 Å². The van der Waals surface area contributed by atoms with Gasteiger partial charge in [-0.2, -0.15) is 0 Å². The maximum absolute atomic E-state index is 12.9. The molecule has 2 aromatic heterocycles. The number of anilines is 1. The highest BCUT2D eigenvalue weighted by Crippen LogP contribution is 2.42. The Balaban J connectivity index is 1.55. The first kappa shape index (κ1) is 26.6. The first-order chi connectivity index (χ1) is 17.9. The zero-order valence-electron chi connectivity index (χ0n) is 21.1. The van der Waals surface area contributed by atoms with Gasteiger partial charge in [0.2, 0.25) is 11.7 Å².